The molecule has 0 spiro atoms. The fourth-order valence-electron chi connectivity index (χ4n) is 1.74. The molecule has 0 aliphatic carbocycles. The molecule has 0 aliphatic rings. The van der Waals surface area contributed by atoms with Crippen molar-refractivity contribution in [2.24, 2.45) is 0 Å². The van der Waals surface area contributed by atoms with Gasteiger partial charge in [0, 0.05) is 12.2 Å². The Hall–Kier alpha value is -2.36. The highest BCUT2D eigenvalue weighted by Gasteiger charge is 2.03. The van der Waals surface area contributed by atoms with Gasteiger partial charge in [0.2, 0.25) is 5.91 Å². The summed E-state index contributed by atoms with van der Waals surface area (Å²) in [4.78, 5) is 11.7. The third-order valence-electron chi connectivity index (χ3n) is 2.96. The summed E-state index contributed by atoms with van der Waals surface area (Å²) < 4.78 is 13.3. The zero-order chi connectivity index (χ0) is 14.4. The summed E-state index contributed by atoms with van der Waals surface area (Å²) in [6.07, 6.45) is 0. The number of carbonyl (C=O) groups excluding carboxylic acids is 1. The van der Waals surface area contributed by atoms with Crippen molar-refractivity contribution in [3.63, 3.8) is 0 Å². The van der Waals surface area contributed by atoms with E-state index in [0.29, 0.717) is 17.8 Å². The predicted molar refractivity (Wildman–Crippen MR) is 77.9 cm³/mol. The average Bonchev–Trinajstić information content (AvgIpc) is 2.47. The van der Waals surface area contributed by atoms with Gasteiger partial charge in [-0.05, 0) is 30.2 Å². The summed E-state index contributed by atoms with van der Waals surface area (Å²) in [6.45, 7) is 2.31. The van der Waals surface area contributed by atoms with E-state index in [-0.39, 0.29) is 18.3 Å². The molecule has 0 radical (unpaired) electrons. The van der Waals surface area contributed by atoms with E-state index in [1.807, 2.05) is 30.3 Å². The largest absolute Gasteiger partial charge is 0.376 e. The van der Waals surface area contributed by atoms with Gasteiger partial charge in [-0.2, -0.15) is 0 Å². The Balaban J connectivity index is 1.79. The van der Waals surface area contributed by atoms with Crippen LogP contribution in [0.1, 0.15) is 11.1 Å². The number of anilines is 1. The van der Waals surface area contributed by atoms with Crippen molar-refractivity contribution in [2.75, 3.05) is 11.9 Å². The van der Waals surface area contributed by atoms with E-state index >= 15 is 0 Å². The fourth-order valence-corrected chi connectivity index (χ4v) is 1.74. The van der Waals surface area contributed by atoms with Gasteiger partial charge < -0.3 is 10.6 Å². The molecule has 0 unspecified atom stereocenters. The predicted octanol–water partition coefficient (Wildman–Crippen LogP) is 2.86. The minimum atomic E-state index is -0.278. The van der Waals surface area contributed by atoms with E-state index in [0.717, 1.165) is 5.56 Å². The number of hydrogen-bond donors (Lipinski definition) is 2. The second kappa shape index (κ2) is 6.70. The van der Waals surface area contributed by atoms with Gasteiger partial charge in [0.1, 0.15) is 5.82 Å². The number of aryl methyl sites for hydroxylation is 1. The third-order valence-corrected chi connectivity index (χ3v) is 2.96. The van der Waals surface area contributed by atoms with Crippen LogP contribution >= 0.6 is 0 Å². The Morgan fingerprint density at radius 3 is 2.60 bits per heavy atom. The highest BCUT2D eigenvalue weighted by atomic mass is 19.1. The van der Waals surface area contributed by atoms with Crippen molar-refractivity contribution in [3.05, 3.63) is 65.5 Å². The second-order valence-electron chi connectivity index (χ2n) is 4.58. The van der Waals surface area contributed by atoms with Gasteiger partial charge in [0.15, 0.2) is 0 Å². The van der Waals surface area contributed by atoms with E-state index in [2.05, 4.69) is 10.6 Å². The van der Waals surface area contributed by atoms with Gasteiger partial charge in [0.05, 0.1) is 6.54 Å². The lowest BCUT2D eigenvalue weighted by atomic mass is 10.2. The maximum atomic E-state index is 13.3. The molecule has 20 heavy (non-hydrogen) atoms. The molecule has 2 N–H and O–H groups in total. The molecule has 0 saturated heterocycles. The maximum absolute atomic E-state index is 13.3. The Bertz CT molecular complexity index is 584. The number of carbonyl (C=O) groups is 1. The van der Waals surface area contributed by atoms with Crippen LogP contribution in [0.3, 0.4) is 0 Å². The maximum Gasteiger partial charge on any atom is 0.239 e. The van der Waals surface area contributed by atoms with Crippen molar-refractivity contribution < 1.29 is 9.18 Å². The topological polar surface area (TPSA) is 41.1 Å². The molecule has 2 rings (SSSR count). The Kier molecular flexibility index (Phi) is 4.71. The van der Waals surface area contributed by atoms with E-state index < -0.39 is 0 Å². The van der Waals surface area contributed by atoms with Crippen LogP contribution < -0.4 is 10.6 Å². The van der Waals surface area contributed by atoms with Crippen LogP contribution in [0.5, 0.6) is 0 Å². The molecule has 2 aromatic rings. The molecule has 0 saturated carbocycles. The zero-order valence-electron chi connectivity index (χ0n) is 11.3. The first kappa shape index (κ1) is 14.1. The van der Waals surface area contributed by atoms with E-state index in [9.17, 15) is 9.18 Å². The molecule has 0 fully saturated rings. The fraction of sp³-hybridized carbons (Fsp3) is 0.188. The molecular weight excluding hydrogens is 255 g/mol. The lowest BCUT2D eigenvalue weighted by Gasteiger charge is -2.08. The molecule has 3 nitrogen and oxygen atoms in total. The summed E-state index contributed by atoms with van der Waals surface area (Å²) in [5, 5.41) is 5.70. The molecule has 0 heterocycles. The van der Waals surface area contributed by atoms with Gasteiger partial charge in [-0.1, -0.05) is 36.4 Å². The molecule has 2 aromatic carbocycles. The first-order chi connectivity index (χ1) is 9.65. The van der Waals surface area contributed by atoms with E-state index in [4.69, 9.17) is 0 Å². The number of amides is 1. The van der Waals surface area contributed by atoms with Gasteiger partial charge in [0.25, 0.3) is 0 Å². The SMILES string of the molecule is Cc1ccc(NCC(=O)NCc2ccccc2)cc1F. The third kappa shape index (κ3) is 4.09. The second-order valence-corrected chi connectivity index (χ2v) is 4.58. The molecule has 104 valence electrons. The van der Waals surface area contributed by atoms with Crippen LogP contribution in [0, 0.1) is 12.7 Å². The minimum Gasteiger partial charge on any atom is -0.376 e. The quantitative estimate of drug-likeness (QED) is 0.878. The average molecular weight is 272 g/mol. The highest BCUT2D eigenvalue weighted by molar-refractivity contribution is 5.80. The van der Waals surface area contributed by atoms with Crippen molar-refractivity contribution in [1.82, 2.24) is 5.32 Å². The Morgan fingerprint density at radius 1 is 1.15 bits per heavy atom. The van der Waals surface area contributed by atoms with Crippen LogP contribution in [0.2, 0.25) is 0 Å². The first-order valence-corrected chi connectivity index (χ1v) is 6.46. The summed E-state index contributed by atoms with van der Waals surface area (Å²) in [5.41, 5.74) is 2.23. The lowest BCUT2D eigenvalue weighted by Crippen LogP contribution is -2.29. The lowest BCUT2D eigenvalue weighted by molar-refractivity contribution is -0.119. The molecule has 0 bridgehead atoms. The molecule has 0 atom stereocenters. The monoisotopic (exact) mass is 272 g/mol. The first-order valence-electron chi connectivity index (χ1n) is 6.46. The molecule has 0 aliphatic heterocycles. The van der Waals surface area contributed by atoms with Gasteiger partial charge in [-0.25, -0.2) is 4.39 Å². The number of rotatable bonds is 5. The summed E-state index contributed by atoms with van der Waals surface area (Å²) >= 11 is 0. The summed E-state index contributed by atoms with van der Waals surface area (Å²) in [6, 6.07) is 14.5. The van der Waals surface area contributed by atoms with Gasteiger partial charge >= 0.3 is 0 Å². The minimum absolute atomic E-state index is 0.120. The van der Waals surface area contributed by atoms with Crippen LogP contribution in [0.15, 0.2) is 48.5 Å². The van der Waals surface area contributed by atoms with Gasteiger partial charge in [-0.3, -0.25) is 4.79 Å². The molecule has 0 aromatic heterocycles. The van der Waals surface area contributed by atoms with Crippen molar-refractivity contribution >= 4 is 11.6 Å². The molecular formula is C16H17FN2O. The smallest absolute Gasteiger partial charge is 0.239 e. The molecule has 1 amide bonds. The normalized spacial score (nSPS) is 10.1. The van der Waals surface area contributed by atoms with Crippen molar-refractivity contribution in [3.8, 4) is 0 Å². The van der Waals surface area contributed by atoms with Crippen LogP contribution in [0.25, 0.3) is 0 Å². The number of hydrogen-bond acceptors (Lipinski definition) is 2. The van der Waals surface area contributed by atoms with Crippen molar-refractivity contribution in [2.45, 2.75) is 13.5 Å². The van der Waals surface area contributed by atoms with Crippen LogP contribution in [0.4, 0.5) is 10.1 Å². The van der Waals surface area contributed by atoms with Gasteiger partial charge in [-0.15, -0.1) is 0 Å². The van der Waals surface area contributed by atoms with Crippen LogP contribution in [-0.4, -0.2) is 12.5 Å². The molecule has 4 heteroatoms. The Morgan fingerprint density at radius 2 is 1.90 bits per heavy atom. The number of halogens is 1. The summed E-state index contributed by atoms with van der Waals surface area (Å²) in [5.74, 6) is -0.408. The van der Waals surface area contributed by atoms with E-state index in [1.54, 1.807) is 19.1 Å². The standard InChI is InChI=1S/C16H17FN2O/c1-12-7-8-14(9-15(12)17)18-11-16(20)19-10-13-5-3-2-4-6-13/h2-9,18H,10-11H2,1H3,(H,19,20). The van der Waals surface area contributed by atoms with Crippen molar-refractivity contribution in [1.29, 1.82) is 0 Å². The van der Waals surface area contributed by atoms with Crippen LogP contribution in [-0.2, 0) is 11.3 Å². The highest BCUT2D eigenvalue weighted by Crippen LogP contribution is 2.12. The Labute approximate surface area is 117 Å². The summed E-state index contributed by atoms with van der Waals surface area (Å²) in [7, 11) is 0. The number of benzene rings is 2. The number of nitrogens with one attached hydrogen (secondary N) is 2. The van der Waals surface area contributed by atoms with E-state index in [1.165, 1.54) is 6.07 Å². The zero-order valence-corrected chi connectivity index (χ0v) is 11.3.